The number of rotatable bonds is 8. The fourth-order valence-corrected chi connectivity index (χ4v) is 1.41. The first-order valence-electron chi connectivity index (χ1n) is 5.93. The van der Waals surface area contributed by atoms with Crippen molar-refractivity contribution in [1.82, 2.24) is 15.0 Å². The van der Waals surface area contributed by atoms with Crippen molar-refractivity contribution in [3.63, 3.8) is 0 Å². The van der Waals surface area contributed by atoms with Gasteiger partial charge < -0.3 is 9.47 Å². The third kappa shape index (κ3) is 5.68. The summed E-state index contributed by atoms with van der Waals surface area (Å²) in [5.41, 5.74) is 0. The molecule has 0 fully saturated rings. The maximum atomic E-state index is 5.73. The van der Waals surface area contributed by atoms with Crippen LogP contribution in [0.1, 0.15) is 39.5 Å². The maximum absolute atomic E-state index is 5.73. The van der Waals surface area contributed by atoms with E-state index in [1.165, 1.54) is 12.8 Å². The smallest absolute Gasteiger partial charge is 0.323 e. The highest BCUT2D eigenvalue weighted by molar-refractivity contribution is 6.28. The molecule has 96 valence electrons. The Hall–Kier alpha value is -1.10. The zero-order chi connectivity index (χ0) is 12.5. The van der Waals surface area contributed by atoms with Crippen LogP contribution in [-0.4, -0.2) is 28.2 Å². The van der Waals surface area contributed by atoms with Crippen molar-refractivity contribution >= 4 is 11.6 Å². The Morgan fingerprint density at radius 3 is 2.29 bits per heavy atom. The van der Waals surface area contributed by atoms with E-state index in [0.29, 0.717) is 13.2 Å². The van der Waals surface area contributed by atoms with Gasteiger partial charge in [-0.2, -0.15) is 9.97 Å². The Balaban J connectivity index is 2.41. The molecule has 17 heavy (non-hydrogen) atoms. The molecule has 0 saturated heterocycles. The van der Waals surface area contributed by atoms with Crippen molar-refractivity contribution in [1.29, 1.82) is 0 Å². The van der Waals surface area contributed by atoms with E-state index < -0.39 is 0 Å². The highest BCUT2D eigenvalue weighted by atomic mass is 35.5. The lowest BCUT2D eigenvalue weighted by molar-refractivity contribution is 0.262. The lowest BCUT2D eigenvalue weighted by Crippen LogP contribution is -2.05. The highest BCUT2D eigenvalue weighted by Crippen LogP contribution is 2.13. The third-order valence-corrected chi connectivity index (χ3v) is 2.24. The van der Waals surface area contributed by atoms with Gasteiger partial charge in [-0.15, -0.1) is 4.98 Å². The van der Waals surface area contributed by atoms with Gasteiger partial charge in [-0.1, -0.05) is 26.2 Å². The van der Waals surface area contributed by atoms with Gasteiger partial charge in [-0.25, -0.2) is 0 Å². The monoisotopic (exact) mass is 259 g/mol. The van der Waals surface area contributed by atoms with E-state index in [2.05, 4.69) is 21.9 Å². The van der Waals surface area contributed by atoms with Gasteiger partial charge in [0, 0.05) is 0 Å². The van der Waals surface area contributed by atoms with Crippen LogP contribution in [0.2, 0.25) is 5.28 Å². The van der Waals surface area contributed by atoms with Gasteiger partial charge in [0.25, 0.3) is 0 Å². The molecule has 0 aliphatic rings. The fourth-order valence-electron chi connectivity index (χ4n) is 1.27. The zero-order valence-electron chi connectivity index (χ0n) is 10.3. The molecule has 0 N–H and O–H groups in total. The van der Waals surface area contributed by atoms with Gasteiger partial charge in [-0.05, 0) is 24.9 Å². The minimum absolute atomic E-state index is 0.0898. The first kappa shape index (κ1) is 14.0. The van der Waals surface area contributed by atoms with Crippen molar-refractivity contribution in [3.05, 3.63) is 5.28 Å². The van der Waals surface area contributed by atoms with Crippen molar-refractivity contribution in [2.45, 2.75) is 39.5 Å². The van der Waals surface area contributed by atoms with Crippen LogP contribution in [0.4, 0.5) is 0 Å². The van der Waals surface area contributed by atoms with Crippen LogP contribution >= 0.6 is 11.6 Å². The summed E-state index contributed by atoms with van der Waals surface area (Å²) in [5.74, 6) is 0. The molecule has 6 heteroatoms. The van der Waals surface area contributed by atoms with E-state index >= 15 is 0 Å². The van der Waals surface area contributed by atoms with Crippen molar-refractivity contribution in [2.75, 3.05) is 13.2 Å². The molecule has 0 aliphatic carbocycles. The Morgan fingerprint density at radius 2 is 1.65 bits per heavy atom. The van der Waals surface area contributed by atoms with E-state index in [1.807, 2.05) is 6.92 Å². The summed E-state index contributed by atoms with van der Waals surface area (Å²) >= 11 is 5.73. The Morgan fingerprint density at radius 1 is 0.941 bits per heavy atom. The van der Waals surface area contributed by atoms with Crippen LogP contribution in [0.5, 0.6) is 12.0 Å². The second-order valence-electron chi connectivity index (χ2n) is 3.51. The number of hydrogen-bond donors (Lipinski definition) is 0. The van der Waals surface area contributed by atoms with Gasteiger partial charge in [0.05, 0.1) is 13.2 Å². The lowest BCUT2D eigenvalue weighted by Gasteiger charge is -2.05. The molecule has 0 amide bonds. The molecule has 0 saturated carbocycles. The number of ether oxygens (including phenoxy) is 2. The van der Waals surface area contributed by atoms with Crippen LogP contribution in [0.15, 0.2) is 0 Å². The number of aromatic nitrogens is 3. The topological polar surface area (TPSA) is 57.1 Å². The van der Waals surface area contributed by atoms with Crippen LogP contribution in [-0.2, 0) is 0 Å². The van der Waals surface area contributed by atoms with E-state index in [4.69, 9.17) is 21.1 Å². The SMILES string of the molecule is CCCCCCOc1nc(Cl)nc(OCC)n1. The third-order valence-electron chi connectivity index (χ3n) is 2.07. The summed E-state index contributed by atoms with van der Waals surface area (Å²) < 4.78 is 10.5. The summed E-state index contributed by atoms with van der Waals surface area (Å²) in [4.78, 5) is 11.7. The first-order chi connectivity index (χ1) is 8.26. The molecule has 1 heterocycles. The Kier molecular flexibility index (Phi) is 6.62. The summed E-state index contributed by atoms with van der Waals surface area (Å²) in [6.07, 6.45) is 4.55. The number of unbranched alkanes of at least 4 members (excludes halogenated alkanes) is 3. The molecule has 0 bridgehead atoms. The average Bonchev–Trinajstić information content (AvgIpc) is 2.28. The Bertz CT molecular complexity index is 336. The summed E-state index contributed by atoms with van der Waals surface area (Å²) in [6.45, 7) is 5.09. The van der Waals surface area contributed by atoms with Gasteiger partial charge >= 0.3 is 12.0 Å². The van der Waals surface area contributed by atoms with Gasteiger partial charge in [-0.3, -0.25) is 0 Å². The molecule has 1 aromatic heterocycles. The van der Waals surface area contributed by atoms with E-state index in [-0.39, 0.29) is 17.3 Å². The molecule has 1 aromatic rings. The molecule has 5 nitrogen and oxygen atoms in total. The number of halogens is 1. The zero-order valence-corrected chi connectivity index (χ0v) is 11.0. The summed E-state index contributed by atoms with van der Waals surface area (Å²) in [7, 11) is 0. The van der Waals surface area contributed by atoms with Gasteiger partial charge in [0.2, 0.25) is 5.28 Å². The average molecular weight is 260 g/mol. The van der Waals surface area contributed by atoms with Crippen LogP contribution in [0.3, 0.4) is 0 Å². The van der Waals surface area contributed by atoms with E-state index in [1.54, 1.807) is 0 Å². The quantitative estimate of drug-likeness (QED) is 0.672. The maximum Gasteiger partial charge on any atom is 0.323 e. The summed E-state index contributed by atoms with van der Waals surface area (Å²) in [6, 6.07) is 0.431. The number of nitrogens with zero attached hydrogens (tertiary/aromatic N) is 3. The molecular formula is C11H18ClN3O2. The van der Waals surface area contributed by atoms with Gasteiger partial charge in [0.1, 0.15) is 0 Å². The molecular weight excluding hydrogens is 242 g/mol. The molecule has 1 rings (SSSR count). The van der Waals surface area contributed by atoms with Crippen molar-refractivity contribution < 1.29 is 9.47 Å². The minimum Gasteiger partial charge on any atom is -0.464 e. The van der Waals surface area contributed by atoms with Crippen molar-refractivity contribution in [3.8, 4) is 12.0 Å². The standard InChI is InChI=1S/C11H18ClN3O2/c1-3-5-6-7-8-17-11-14-9(12)13-10(15-11)16-4-2/h3-8H2,1-2H3. The number of hydrogen-bond acceptors (Lipinski definition) is 5. The largest absolute Gasteiger partial charge is 0.464 e. The predicted molar refractivity (Wildman–Crippen MR) is 65.6 cm³/mol. The van der Waals surface area contributed by atoms with Crippen LogP contribution in [0, 0.1) is 0 Å². The van der Waals surface area contributed by atoms with Crippen molar-refractivity contribution in [2.24, 2.45) is 0 Å². The van der Waals surface area contributed by atoms with Gasteiger partial charge in [0.15, 0.2) is 0 Å². The van der Waals surface area contributed by atoms with Crippen LogP contribution < -0.4 is 9.47 Å². The molecule has 0 aromatic carbocycles. The van der Waals surface area contributed by atoms with E-state index in [9.17, 15) is 0 Å². The molecule has 0 atom stereocenters. The minimum atomic E-state index is 0.0898. The molecule has 0 spiro atoms. The molecule has 0 radical (unpaired) electrons. The van der Waals surface area contributed by atoms with Crippen LogP contribution in [0.25, 0.3) is 0 Å². The lowest BCUT2D eigenvalue weighted by atomic mass is 10.2. The predicted octanol–water partition coefficient (Wildman–Crippen LogP) is 2.88. The molecule has 0 unspecified atom stereocenters. The Labute approximate surface area is 107 Å². The highest BCUT2D eigenvalue weighted by Gasteiger charge is 2.06. The van der Waals surface area contributed by atoms with E-state index in [0.717, 1.165) is 12.8 Å². The fraction of sp³-hybridized carbons (Fsp3) is 0.727. The first-order valence-corrected chi connectivity index (χ1v) is 6.31. The normalized spacial score (nSPS) is 10.3. The summed E-state index contributed by atoms with van der Waals surface area (Å²) in [5, 5.41) is 0.0898. The second-order valence-corrected chi connectivity index (χ2v) is 3.85. The second kappa shape index (κ2) is 8.06. The molecule has 0 aliphatic heterocycles.